The number of ether oxygens (including phenoxy) is 1. The Balaban J connectivity index is 1.66. The molecule has 2 aliphatic rings. The molecular formula is C27H20N4O4. The lowest BCUT2D eigenvalue weighted by Crippen LogP contribution is -2.42. The Labute approximate surface area is 200 Å². The third-order valence-corrected chi connectivity index (χ3v) is 7.20. The van der Waals surface area contributed by atoms with Gasteiger partial charge >= 0.3 is 5.97 Å². The van der Waals surface area contributed by atoms with Crippen LogP contribution in [0.2, 0.25) is 0 Å². The Hall–Kier alpha value is -4.46. The summed E-state index contributed by atoms with van der Waals surface area (Å²) in [5, 5.41) is 10.2. The third kappa shape index (κ3) is 2.92. The van der Waals surface area contributed by atoms with E-state index in [0.717, 1.165) is 22.3 Å². The van der Waals surface area contributed by atoms with Gasteiger partial charge in [0.15, 0.2) is 0 Å². The molecule has 0 aliphatic heterocycles. The van der Waals surface area contributed by atoms with Gasteiger partial charge in [-0.15, -0.1) is 0 Å². The van der Waals surface area contributed by atoms with Crippen molar-refractivity contribution in [1.82, 2.24) is 19.9 Å². The topological polar surface area (TPSA) is 115 Å². The van der Waals surface area contributed by atoms with Gasteiger partial charge in [0.1, 0.15) is 6.61 Å². The summed E-state index contributed by atoms with van der Waals surface area (Å²) in [6, 6.07) is 15.1. The third-order valence-electron chi connectivity index (χ3n) is 7.20. The second-order valence-corrected chi connectivity index (χ2v) is 8.92. The number of aliphatic carboxylic acids is 1. The molecule has 0 fully saturated rings. The summed E-state index contributed by atoms with van der Waals surface area (Å²) in [6.45, 7) is 0.441. The van der Waals surface area contributed by atoms with E-state index in [4.69, 9.17) is 4.74 Å². The number of carbonyl (C=O) groups excluding carboxylic acids is 1. The van der Waals surface area contributed by atoms with Crippen molar-refractivity contribution in [3.63, 3.8) is 0 Å². The molecule has 0 atom stereocenters. The number of rotatable bonds is 7. The van der Waals surface area contributed by atoms with Crippen LogP contribution in [-0.4, -0.2) is 44.1 Å². The molecule has 8 heteroatoms. The zero-order chi connectivity index (χ0) is 24.0. The highest BCUT2D eigenvalue weighted by atomic mass is 16.5. The lowest BCUT2D eigenvalue weighted by Gasteiger charge is -2.40. The monoisotopic (exact) mass is 464 g/mol. The van der Waals surface area contributed by atoms with Gasteiger partial charge in [0, 0.05) is 30.2 Å². The van der Waals surface area contributed by atoms with Gasteiger partial charge in [-0.1, -0.05) is 24.3 Å². The highest BCUT2D eigenvalue weighted by Gasteiger charge is 2.55. The van der Waals surface area contributed by atoms with Crippen molar-refractivity contribution in [1.29, 1.82) is 0 Å². The van der Waals surface area contributed by atoms with Crippen molar-refractivity contribution in [3.8, 4) is 22.8 Å². The van der Waals surface area contributed by atoms with E-state index in [1.54, 1.807) is 24.8 Å². The van der Waals surface area contributed by atoms with Gasteiger partial charge in [0.2, 0.25) is 0 Å². The maximum absolute atomic E-state index is 12.4. The molecule has 35 heavy (non-hydrogen) atoms. The minimum absolute atomic E-state index is 0.0143. The molecule has 4 aromatic rings. The van der Waals surface area contributed by atoms with Crippen molar-refractivity contribution in [2.45, 2.75) is 23.7 Å². The fourth-order valence-electron chi connectivity index (χ4n) is 6.00. The van der Waals surface area contributed by atoms with Crippen molar-refractivity contribution >= 4 is 12.4 Å². The minimum Gasteiger partial charge on any atom is -0.481 e. The maximum Gasteiger partial charge on any atom is 0.304 e. The van der Waals surface area contributed by atoms with Gasteiger partial charge in [-0.3, -0.25) is 29.5 Å². The van der Waals surface area contributed by atoms with Crippen LogP contribution in [0.1, 0.15) is 35.1 Å². The van der Waals surface area contributed by atoms with Crippen LogP contribution < -0.4 is 0 Å². The lowest BCUT2D eigenvalue weighted by atomic mass is 9.62. The fourth-order valence-corrected chi connectivity index (χ4v) is 6.00. The van der Waals surface area contributed by atoms with Crippen LogP contribution in [0.25, 0.3) is 22.8 Å². The van der Waals surface area contributed by atoms with Crippen LogP contribution in [0.4, 0.5) is 0 Å². The Morgan fingerprint density at radius 2 is 1.14 bits per heavy atom. The van der Waals surface area contributed by atoms with Crippen LogP contribution in [0.3, 0.4) is 0 Å². The summed E-state index contributed by atoms with van der Waals surface area (Å²) in [5.74, 6) is -0.946. The molecule has 172 valence electrons. The van der Waals surface area contributed by atoms with Gasteiger partial charge in [-0.25, -0.2) is 0 Å². The van der Waals surface area contributed by atoms with Crippen LogP contribution >= 0.6 is 0 Å². The van der Waals surface area contributed by atoms with Gasteiger partial charge in [-0.2, -0.15) is 0 Å². The van der Waals surface area contributed by atoms with Gasteiger partial charge < -0.3 is 9.84 Å². The number of fused-ring (bicyclic) bond motifs is 6. The number of carboxylic acid groups (broad SMARTS) is 1. The predicted octanol–water partition coefficient (Wildman–Crippen LogP) is 3.54. The Kier molecular flexibility index (Phi) is 4.70. The number of carboxylic acids is 1. The summed E-state index contributed by atoms with van der Waals surface area (Å²) in [7, 11) is 0. The van der Waals surface area contributed by atoms with E-state index < -0.39 is 16.8 Å². The molecule has 6 rings (SSSR count). The van der Waals surface area contributed by atoms with Crippen molar-refractivity contribution in [2.24, 2.45) is 0 Å². The number of hydrogen-bond donors (Lipinski definition) is 1. The van der Waals surface area contributed by atoms with Gasteiger partial charge in [-0.05, 0) is 52.9 Å². The number of carbonyl (C=O) groups is 2. The van der Waals surface area contributed by atoms with E-state index in [1.807, 2.05) is 48.5 Å². The molecular weight excluding hydrogens is 444 g/mol. The molecule has 8 nitrogen and oxygen atoms in total. The predicted molar refractivity (Wildman–Crippen MR) is 125 cm³/mol. The highest BCUT2D eigenvalue weighted by molar-refractivity contribution is 5.82. The molecule has 0 saturated carbocycles. The molecule has 4 heterocycles. The summed E-state index contributed by atoms with van der Waals surface area (Å²) >= 11 is 0. The molecule has 2 aliphatic carbocycles. The first-order valence-corrected chi connectivity index (χ1v) is 11.2. The molecule has 0 saturated heterocycles. The van der Waals surface area contributed by atoms with E-state index in [-0.39, 0.29) is 13.0 Å². The van der Waals surface area contributed by atoms with E-state index in [2.05, 4.69) is 19.9 Å². The first-order chi connectivity index (χ1) is 17.1. The average Bonchev–Trinajstić information content (AvgIpc) is 3.31. The Morgan fingerprint density at radius 1 is 0.743 bits per heavy atom. The van der Waals surface area contributed by atoms with E-state index >= 15 is 0 Å². The number of nitrogens with zero attached hydrogens (tertiary/aromatic N) is 4. The quantitative estimate of drug-likeness (QED) is 0.413. The normalized spacial score (nSPS) is 15.4. The summed E-state index contributed by atoms with van der Waals surface area (Å²) in [6.07, 6.45) is 6.90. The zero-order valence-electron chi connectivity index (χ0n) is 18.6. The molecule has 0 amide bonds. The number of pyridine rings is 4. The van der Waals surface area contributed by atoms with Gasteiger partial charge in [0.05, 0.1) is 34.6 Å². The molecule has 0 unspecified atom stereocenters. The number of aromatic nitrogens is 4. The second kappa shape index (κ2) is 7.80. The van der Waals surface area contributed by atoms with Crippen molar-refractivity contribution < 1.29 is 19.4 Å². The molecule has 0 radical (unpaired) electrons. The minimum atomic E-state index is -0.976. The first kappa shape index (κ1) is 21.1. The van der Waals surface area contributed by atoms with Gasteiger partial charge in [0.25, 0.3) is 6.47 Å². The Morgan fingerprint density at radius 3 is 1.51 bits per heavy atom. The largest absolute Gasteiger partial charge is 0.481 e. The van der Waals surface area contributed by atoms with Crippen molar-refractivity contribution in [3.05, 3.63) is 95.6 Å². The Bertz CT molecular complexity index is 1390. The van der Waals surface area contributed by atoms with E-state index in [1.165, 1.54) is 0 Å². The summed E-state index contributed by atoms with van der Waals surface area (Å²) < 4.78 is 5.46. The lowest BCUT2D eigenvalue weighted by molar-refractivity contribution is -0.138. The highest BCUT2D eigenvalue weighted by Crippen LogP contribution is 2.59. The summed E-state index contributed by atoms with van der Waals surface area (Å²) in [5.41, 5.74) is 4.19. The number of hydrogen-bond acceptors (Lipinski definition) is 7. The fraction of sp³-hybridized carbons (Fsp3) is 0.185. The van der Waals surface area contributed by atoms with Crippen LogP contribution in [0, 0.1) is 0 Å². The van der Waals surface area contributed by atoms with Crippen LogP contribution in [0.15, 0.2) is 73.3 Å². The molecule has 0 spiro atoms. The van der Waals surface area contributed by atoms with Crippen LogP contribution in [-0.2, 0) is 25.2 Å². The molecule has 0 bridgehead atoms. The summed E-state index contributed by atoms with van der Waals surface area (Å²) in [4.78, 5) is 42.2. The van der Waals surface area contributed by atoms with E-state index in [0.29, 0.717) is 35.7 Å². The molecule has 0 aromatic carbocycles. The standard InChI is InChI=1S/C27H20N4O4/c32-16-35-15-27(19-7-3-11-30-24(19)25-20(27)8-4-12-31-25)14-26(13-21(33)34)17-5-1-9-28-22(17)23-18(26)6-2-10-29-23/h1-12,16H,13-15H2,(H,33,34). The average molecular weight is 464 g/mol. The van der Waals surface area contributed by atoms with Crippen molar-refractivity contribution in [2.75, 3.05) is 6.61 Å². The molecule has 1 N–H and O–H groups in total. The van der Waals surface area contributed by atoms with E-state index in [9.17, 15) is 14.7 Å². The second-order valence-electron chi connectivity index (χ2n) is 8.92. The first-order valence-electron chi connectivity index (χ1n) is 11.2. The zero-order valence-corrected chi connectivity index (χ0v) is 18.6. The maximum atomic E-state index is 12.4. The SMILES string of the molecule is O=COCC1(CC2(CC(=O)O)c3cccnc3-c3ncccc32)c2cccnc2-c2ncccc21. The molecule has 4 aromatic heterocycles. The smallest absolute Gasteiger partial charge is 0.304 e. The van der Waals surface area contributed by atoms with Crippen LogP contribution in [0.5, 0.6) is 0 Å².